The first-order chi connectivity index (χ1) is 15.9. The minimum Gasteiger partial charge on any atom is -0.324 e. The Labute approximate surface area is 192 Å². The van der Waals surface area contributed by atoms with E-state index < -0.39 is 9.84 Å². The minimum absolute atomic E-state index is 0.119. The average Bonchev–Trinajstić information content (AvgIpc) is 3.26. The van der Waals surface area contributed by atoms with E-state index in [0.717, 1.165) is 29.8 Å². The molecule has 168 valence electrons. The fourth-order valence-electron chi connectivity index (χ4n) is 4.20. The molecule has 5 rings (SSSR count). The van der Waals surface area contributed by atoms with E-state index in [4.69, 9.17) is 0 Å². The van der Waals surface area contributed by atoms with Crippen molar-refractivity contribution < 1.29 is 8.42 Å². The van der Waals surface area contributed by atoms with E-state index in [9.17, 15) is 13.2 Å². The molecule has 0 atom stereocenters. The van der Waals surface area contributed by atoms with Crippen molar-refractivity contribution in [2.45, 2.75) is 25.7 Å². The molecule has 7 nitrogen and oxygen atoms in total. The van der Waals surface area contributed by atoms with Crippen LogP contribution in [0.5, 0.6) is 0 Å². The molecule has 8 heteroatoms. The lowest BCUT2D eigenvalue weighted by atomic mass is 10.1. The molecule has 0 radical (unpaired) electrons. The molecule has 0 saturated heterocycles. The van der Waals surface area contributed by atoms with E-state index in [1.807, 2.05) is 28.8 Å². The van der Waals surface area contributed by atoms with Crippen LogP contribution in [0.3, 0.4) is 0 Å². The molecule has 2 aromatic heterocycles. The monoisotopic (exact) mass is 460 g/mol. The Morgan fingerprint density at radius 3 is 2.61 bits per heavy atom. The van der Waals surface area contributed by atoms with Crippen LogP contribution in [0, 0.1) is 0 Å². The molecular weight excluding hydrogens is 436 g/mol. The van der Waals surface area contributed by atoms with E-state index in [2.05, 4.69) is 33.5 Å². The molecule has 0 saturated carbocycles. The van der Waals surface area contributed by atoms with E-state index in [-0.39, 0.29) is 11.2 Å². The van der Waals surface area contributed by atoms with Crippen molar-refractivity contribution >= 4 is 32.5 Å². The number of hydrogen-bond donors (Lipinski definition) is 1. The van der Waals surface area contributed by atoms with Gasteiger partial charge >= 0.3 is 0 Å². The standard InChI is InChI=1S/C25H24N4O3S/c1-33(31,32)14-12-17-5-8-20(9-6-17)27-25-26-16-22-23(30)11-13-29(24(22)28-25)21-10-7-18-3-2-4-19(18)15-21/h5-11,13,15-16H,2-4,12,14H2,1H3,(H,26,27,28). The first kappa shape index (κ1) is 21.3. The summed E-state index contributed by atoms with van der Waals surface area (Å²) in [5, 5.41) is 3.64. The summed E-state index contributed by atoms with van der Waals surface area (Å²) in [4.78, 5) is 21.4. The van der Waals surface area contributed by atoms with Crippen molar-refractivity contribution in [3.05, 3.63) is 87.8 Å². The quantitative estimate of drug-likeness (QED) is 0.473. The van der Waals surface area contributed by atoms with Crippen LogP contribution < -0.4 is 10.7 Å². The lowest BCUT2D eigenvalue weighted by molar-refractivity contribution is 0.601. The van der Waals surface area contributed by atoms with Gasteiger partial charge in [-0.15, -0.1) is 0 Å². The number of aryl methyl sites for hydroxylation is 3. The summed E-state index contributed by atoms with van der Waals surface area (Å²) in [5.74, 6) is 0.500. The molecule has 2 aromatic carbocycles. The first-order valence-corrected chi connectivity index (χ1v) is 13.0. The maximum Gasteiger partial charge on any atom is 0.229 e. The highest BCUT2D eigenvalue weighted by atomic mass is 32.2. The molecule has 1 aliphatic rings. The Balaban J connectivity index is 1.45. The second-order valence-electron chi connectivity index (χ2n) is 8.49. The van der Waals surface area contributed by atoms with Gasteiger partial charge in [-0.2, -0.15) is 4.98 Å². The number of anilines is 2. The summed E-state index contributed by atoms with van der Waals surface area (Å²) in [6, 6.07) is 15.4. The zero-order chi connectivity index (χ0) is 23.0. The van der Waals surface area contributed by atoms with Crippen LogP contribution >= 0.6 is 0 Å². The molecule has 2 heterocycles. The number of pyridine rings is 1. The van der Waals surface area contributed by atoms with Crippen LogP contribution in [0.2, 0.25) is 0 Å². The van der Waals surface area contributed by atoms with Crippen LogP contribution in [-0.4, -0.2) is 35.0 Å². The highest BCUT2D eigenvalue weighted by Gasteiger charge is 2.14. The number of benzene rings is 2. The molecule has 0 spiro atoms. The van der Waals surface area contributed by atoms with Crippen molar-refractivity contribution in [1.29, 1.82) is 0 Å². The van der Waals surface area contributed by atoms with Crippen molar-refractivity contribution in [3.8, 4) is 5.69 Å². The van der Waals surface area contributed by atoms with Gasteiger partial charge in [0.05, 0.1) is 11.1 Å². The molecule has 4 aromatic rings. The lowest BCUT2D eigenvalue weighted by Gasteiger charge is -2.13. The molecule has 0 unspecified atom stereocenters. The average molecular weight is 461 g/mol. The number of sulfone groups is 1. The predicted octanol–water partition coefficient (Wildman–Crippen LogP) is 3.60. The van der Waals surface area contributed by atoms with E-state index >= 15 is 0 Å². The smallest absolute Gasteiger partial charge is 0.229 e. The summed E-state index contributed by atoms with van der Waals surface area (Å²) in [5.41, 5.74) is 5.85. The normalized spacial score (nSPS) is 13.2. The van der Waals surface area contributed by atoms with Gasteiger partial charge in [-0.3, -0.25) is 4.79 Å². The number of aromatic nitrogens is 3. The van der Waals surface area contributed by atoms with Crippen LogP contribution in [0.25, 0.3) is 16.7 Å². The maximum atomic E-state index is 12.4. The van der Waals surface area contributed by atoms with Crippen LogP contribution in [0.15, 0.2) is 65.7 Å². The molecule has 33 heavy (non-hydrogen) atoms. The molecule has 0 fully saturated rings. The van der Waals surface area contributed by atoms with Gasteiger partial charge in [0, 0.05) is 36.1 Å². The zero-order valence-electron chi connectivity index (χ0n) is 18.3. The highest BCUT2D eigenvalue weighted by Crippen LogP contribution is 2.26. The number of nitrogens with one attached hydrogen (secondary N) is 1. The second-order valence-corrected chi connectivity index (χ2v) is 10.7. The van der Waals surface area contributed by atoms with Crippen LogP contribution in [0.4, 0.5) is 11.6 Å². The number of hydrogen-bond acceptors (Lipinski definition) is 6. The Kier molecular flexibility index (Phi) is 5.46. The van der Waals surface area contributed by atoms with Gasteiger partial charge in [0.15, 0.2) is 11.1 Å². The van der Waals surface area contributed by atoms with Crippen LogP contribution in [-0.2, 0) is 29.1 Å². The number of nitrogens with zero attached hydrogens (tertiary/aromatic N) is 3. The van der Waals surface area contributed by atoms with Crippen molar-refractivity contribution in [2.75, 3.05) is 17.3 Å². The largest absolute Gasteiger partial charge is 0.324 e. The maximum absolute atomic E-state index is 12.4. The molecule has 0 aliphatic heterocycles. The van der Waals surface area contributed by atoms with Gasteiger partial charge in [-0.25, -0.2) is 13.4 Å². The number of rotatable bonds is 6. The van der Waals surface area contributed by atoms with Gasteiger partial charge < -0.3 is 9.88 Å². The minimum atomic E-state index is -3.00. The molecule has 1 aliphatic carbocycles. The third kappa shape index (κ3) is 4.66. The summed E-state index contributed by atoms with van der Waals surface area (Å²) < 4.78 is 24.7. The van der Waals surface area contributed by atoms with E-state index in [0.29, 0.717) is 23.4 Å². The second kappa shape index (κ2) is 8.44. The fourth-order valence-corrected chi connectivity index (χ4v) is 4.80. The van der Waals surface area contributed by atoms with Crippen molar-refractivity contribution in [3.63, 3.8) is 0 Å². The summed E-state index contributed by atoms with van der Waals surface area (Å²) >= 11 is 0. The Bertz CT molecular complexity index is 1510. The van der Waals surface area contributed by atoms with Gasteiger partial charge in [0.25, 0.3) is 0 Å². The van der Waals surface area contributed by atoms with Gasteiger partial charge in [-0.1, -0.05) is 18.2 Å². The summed E-state index contributed by atoms with van der Waals surface area (Å²) in [6.45, 7) is 0. The highest BCUT2D eigenvalue weighted by molar-refractivity contribution is 7.90. The van der Waals surface area contributed by atoms with Crippen molar-refractivity contribution in [2.24, 2.45) is 0 Å². The molecule has 1 N–H and O–H groups in total. The predicted molar refractivity (Wildman–Crippen MR) is 130 cm³/mol. The van der Waals surface area contributed by atoms with Gasteiger partial charge in [0.1, 0.15) is 9.84 Å². The third-order valence-electron chi connectivity index (χ3n) is 5.97. The topological polar surface area (TPSA) is 94.0 Å². The van der Waals surface area contributed by atoms with Gasteiger partial charge in [-0.05, 0) is 66.6 Å². The third-order valence-corrected chi connectivity index (χ3v) is 6.91. The zero-order valence-corrected chi connectivity index (χ0v) is 19.1. The molecule has 0 amide bonds. The summed E-state index contributed by atoms with van der Waals surface area (Å²) in [6.07, 6.45) is 8.38. The van der Waals surface area contributed by atoms with Gasteiger partial charge in [0.2, 0.25) is 5.95 Å². The SMILES string of the molecule is CS(=O)(=O)CCc1ccc(Nc2ncc3c(=O)ccn(-c4ccc5c(c4)CCC5)c3n2)cc1. The summed E-state index contributed by atoms with van der Waals surface area (Å²) in [7, 11) is -3.00. The Morgan fingerprint density at radius 1 is 1.03 bits per heavy atom. The Hall–Kier alpha value is -3.52. The molecule has 0 bridgehead atoms. The van der Waals surface area contributed by atoms with E-state index in [1.54, 1.807) is 18.5 Å². The Morgan fingerprint density at radius 2 is 1.82 bits per heavy atom. The first-order valence-electron chi connectivity index (χ1n) is 10.9. The van der Waals surface area contributed by atoms with Crippen molar-refractivity contribution in [1.82, 2.24) is 14.5 Å². The lowest BCUT2D eigenvalue weighted by Crippen LogP contribution is -2.10. The van der Waals surface area contributed by atoms with Crippen LogP contribution in [0.1, 0.15) is 23.1 Å². The number of fused-ring (bicyclic) bond motifs is 2. The molecular formula is C25H24N4O3S. The fraction of sp³-hybridized carbons (Fsp3) is 0.240. The van der Waals surface area contributed by atoms with E-state index in [1.165, 1.54) is 23.8 Å².